The van der Waals surface area contributed by atoms with Crippen LogP contribution >= 0.6 is 0 Å². The van der Waals surface area contributed by atoms with E-state index in [2.05, 4.69) is 0 Å². The molecule has 18 heavy (non-hydrogen) atoms. The van der Waals surface area contributed by atoms with Crippen LogP contribution < -0.4 is 0 Å². The minimum Gasteiger partial charge on any atom is -0.469 e. The number of carbonyl (C=O) groups excluding carboxylic acids is 2. The van der Waals surface area contributed by atoms with E-state index in [1.54, 1.807) is 14.2 Å². The lowest BCUT2D eigenvalue weighted by Gasteiger charge is -2.37. The maximum Gasteiger partial charge on any atom is 0.309 e. The molecule has 6 heteroatoms. The molecular formula is C12H20O6. The van der Waals surface area contributed by atoms with E-state index in [0.29, 0.717) is 12.8 Å². The van der Waals surface area contributed by atoms with Crippen LogP contribution in [0.4, 0.5) is 0 Å². The van der Waals surface area contributed by atoms with Gasteiger partial charge >= 0.3 is 11.9 Å². The van der Waals surface area contributed by atoms with Crippen molar-refractivity contribution in [1.82, 2.24) is 0 Å². The van der Waals surface area contributed by atoms with Gasteiger partial charge in [-0.15, -0.1) is 0 Å². The van der Waals surface area contributed by atoms with Crippen LogP contribution in [0.25, 0.3) is 0 Å². The van der Waals surface area contributed by atoms with Crippen molar-refractivity contribution in [1.29, 1.82) is 0 Å². The zero-order chi connectivity index (χ0) is 13.7. The molecule has 1 rings (SSSR count). The molecule has 0 radical (unpaired) electrons. The van der Waals surface area contributed by atoms with Crippen LogP contribution in [0, 0.1) is 11.8 Å². The molecule has 6 nitrogen and oxygen atoms in total. The van der Waals surface area contributed by atoms with Crippen molar-refractivity contribution in [2.45, 2.75) is 25.0 Å². The van der Waals surface area contributed by atoms with Crippen LogP contribution in [0.15, 0.2) is 0 Å². The Labute approximate surface area is 107 Å². The SMILES string of the molecule is COC(=O)[C@H]1C[C@H](OC)[C@@H](OC)C[C@H]1C(=O)OC. The summed E-state index contributed by atoms with van der Waals surface area (Å²) in [4.78, 5) is 23.5. The van der Waals surface area contributed by atoms with Crippen molar-refractivity contribution >= 4 is 11.9 Å². The fourth-order valence-electron chi connectivity index (χ4n) is 2.45. The summed E-state index contributed by atoms with van der Waals surface area (Å²) in [5, 5.41) is 0. The molecule has 0 N–H and O–H groups in total. The van der Waals surface area contributed by atoms with Gasteiger partial charge in [-0.3, -0.25) is 9.59 Å². The molecule has 0 saturated heterocycles. The molecule has 1 aliphatic rings. The number of ether oxygens (including phenoxy) is 4. The average molecular weight is 260 g/mol. The lowest BCUT2D eigenvalue weighted by atomic mass is 9.76. The first kappa shape index (κ1) is 14.9. The third-order valence-corrected chi connectivity index (χ3v) is 3.49. The van der Waals surface area contributed by atoms with Gasteiger partial charge < -0.3 is 18.9 Å². The Morgan fingerprint density at radius 2 is 1.11 bits per heavy atom. The molecule has 0 aliphatic heterocycles. The van der Waals surface area contributed by atoms with Gasteiger partial charge in [-0.2, -0.15) is 0 Å². The fraction of sp³-hybridized carbons (Fsp3) is 0.833. The summed E-state index contributed by atoms with van der Waals surface area (Å²) >= 11 is 0. The van der Waals surface area contributed by atoms with Crippen molar-refractivity contribution < 1.29 is 28.5 Å². The number of carbonyl (C=O) groups is 2. The normalized spacial score (nSPS) is 31.8. The van der Waals surface area contributed by atoms with Crippen LogP contribution in [0.2, 0.25) is 0 Å². The summed E-state index contributed by atoms with van der Waals surface area (Å²) in [6, 6.07) is 0. The van der Waals surface area contributed by atoms with E-state index in [4.69, 9.17) is 18.9 Å². The Kier molecular flexibility index (Phi) is 5.55. The monoisotopic (exact) mass is 260 g/mol. The molecule has 104 valence electrons. The standard InChI is InChI=1S/C12H20O6/c1-15-9-5-7(11(13)17-3)8(12(14)18-4)6-10(9)16-2/h7-10H,5-6H2,1-4H3/t7-,8+,9-,10-/m0/s1. The second kappa shape index (κ2) is 6.70. The summed E-state index contributed by atoms with van der Waals surface area (Å²) in [5.74, 6) is -1.92. The van der Waals surface area contributed by atoms with Crippen LogP contribution in [-0.4, -0.2) is 52.6 Å². The highest BCUT2D eigenvalue weighted by Gasteiger charge is 2.45. The van der Waals surface area contributed by atoms with Gasteiger partial charge in [0.1, 0.15) is 0 Å². The average Bonchev–Trinajstić information content (AvgIpc) is 2.43. The summed E-state index contributed by atoms with van der Waals surface area (Å²) in [6.45, 7) is 0. The second-order valence-electron chi connectivity index (χ2n) is 4.28. The number of rotatable bonds is 4. The Morgan fingerprint density at radius 1 is 0.778 bits per heavy atom. The van der Waals surface area contributed by atoms with E-state index in [1.165, 1.54) is 14.2 Å². The van der Waals surface area contributed by atoms with Crippen LogP contribution in [0.3, 0.4) is 0 Å². The Balaban J connectivity index is 2.90. The largest absolute Gasteiger partial charge is 0.469 e. The molecule has 0 aromatic rings. The van der Waals surface area contributed by atoms with Crippen LogP contribution in [0.5, 0.6) is 0 Å². The molecule has 0 aromatic heterocycles. The minimum absolute atomic E-state index is 0.222. The molecule has 0 unspecified atom stereocenters. The molecule has 0 spiro atoms. The molecule has 4 atom stereocenters. The van der Waals surface area contributed by atoms with Crippen molar-refractivity contribution in [2.75, 3.05) is 28.4 Å². The molecular weight excluding hydrogens is 240 g/mol. The Morgan fingerprint density at radius 3 is 1.33 bits per heavy atom. The van der Waals surface area contributed by atoms with Crippen molar-refractivity contribution in [2.24, 2.45) is 11.8 Å². The van der Waals surface area contributed by atoms with Crippen LogP contribution in [0.1, 0.15) is 12.8 Å². The number of methoxy groups -OCH3 is 4. The maximum atomic E-state index is 11.7. The van der Waals surface area contributed by atoms with Gasteiger partial charge in [-0.1, -0.05) is 0 Å². The predicted molar refractivity (Wildman–Crippen MR) is 61.8 cm³/mol. The van der Waals surface area contributed by atoms with Gasteiger partial charge in [0.15, 0.2) is 0 Å². The topological polar surface area (TPSA) is 71.1 Å². The number of esters is 2. The van der Waals surface area contributed by atoms with E-state index in [-0.39, 0.29) is 12.2 Å². The first-order valence-electron chi connectivity index (χ1n) is 5.80. The first-order chi connectivity index (χ1) is 8.58. The van der Waals surface area contributed by atoms with Crippen LogP contribution in [-0.2, 0) is 28.5 Å². The molecule has 1 aliphatic carbocycles. The van der Waals surface area contributed by atoms with E-state index >= 15 is 0 Å². The lowest BCUT2D eigenvalue weighted by molar-refractivity contribution is -0.169. The van der Waals surface area contributed by atoms with Gasteiger partial charge in [0.05, 0.1) is 38.3 Å². The highest BCUT2D eigenvalue weighted by molar-refractivity contribution is 5.82. The lowest BCUT2D eigenvalue weighted by Crippen LogP contribution is -2.47. The van der Waals surface area contributed by atoms with Gasteiger partial charge in [0.2, 0.25) is 0 Å². The van der Waals surface area contributed by atoms with E-state index in [9.17, 15) is 9.59 Å². The van der Waals surface area contributed by atoms with E-state index < -0.39 is 23.8 Å². The van der Waals surface area contributed by atoms with Gasteiger partial charge in [0, 0.05) is 14.2 Å². The molecule has 1 saturated carbocycles. The van der Waals surface area contributed by atoms with Crippen molar-refractivity contribution in [3.8, 4) is 0 Å². The van der Waals surface area contributed by atoms with Gasteiger partial charge in [0.25, 0.3) is 0 Å². The second-order valence-corrected chi connectivity index (χ2v) is 4.28. The summed E-state index contributed by atoms with van der Waals surface area (Å²) in [7, 11) is 5.73. The molecule has 0 heterocycles. The van der Waals surface area contributed by atoms with E-state index in [0.717, 1.165) is 0 Å². The third-order valence-electron chi connectivity index (χ3n) is 3.49. The minimum atomic E-state index is -0.543. The first-order valence-corrected chi connectivity index (χ1v) is 5.80. The summed E-state index contributed by atoms with van der Waals surface area (Å²) in [5.41, 5.74) is 0. The number of hydrogen-bond donors (Lipinski definition) is 0. The third kappa shape index (κ3) is 3.00. The highest BCUT2D eigenvalue weighted by atomic mass is 16.5. The fourth-order valence-corrected chi connectivity index (χ4v) is 2.45. The summed E-state index contributed by atoms with van der Waals surface area (Å²) in [6.07, 6.45) is 0.336. The quantitative estimate of drug-likeness (QED) is 0.681. The molecule has 0 bridgehead atoms. The molecule has 0 amide bonds. The maximum absolute atomic E-state index is 11.7. The number of hydrogen-bond acceptors (Lipinski definition) is 6. The zero-order valence-electron chi connectivity index (χ0n) is 11.2. The van der Waals surface area contributed by atoms with Crippen molar-refractivity contribution in [3.05, 3.63) is 0 Å². The van der Waals surface area contributed by atoms with E-state index in [1.807, 2.05) is 0 Å². The summed E-state index contributed by atoms with van der Waals surface area (Å²) < 4.78 is 20.1. The zero-order valence-corrected chi connectivity index (χ0v) is 11.2. The molecule has 0 aromatic carbocycles. The molecule has 1 fully saturated rings. The smallest absolute Gasteiger partial charge is 0.309 e. The Hall–Kier alpha value is -1.14. The predicted octanol–water partition coefficient (Wildman–Crippen LogP) is 0.389. The van der Waals surface area contributed by atoms with Gasteiger partial charge in [-0.25, -0.2) is 0 Å². The Bertz CT molecular complexity index is 273. The van der Waals surface area contributed by atoms with Crippen molar-refractivity contribution in [3.63, 3.8) is 0 Å². The van der Waals surface area contributed by atoms with Gasteiger partial charge in [-0.05, 0) is 12.8 Å². The highest BCUT2D eigenvalue weighted by Crippen LogP contribution is 2.34.